The molecule has 6 heteroatoms. The highest BCUT2D eigenvalue weighted by atomic mass is 16.1. The maximum absolute atomic E-state index is 12.6. The fraction of sp³-hybridized carbons (Fsp3) is 0.560. The van der Waals surface area contributed by atoms with Crippen LogP contribution in [0.2, 0.25) is 0 Å². The molecular formula is C25H35N5O. The molecule has 4 heterocycles. The van der Waals surface area contributed by atoms with Gasteiger partial charge in [0.25, 0.3) is 0 Å². The summed E-state index contributed by atoms with van der Waals surface area (Å²) in [4.78, 5) is 26.4. The molecule has 2 fully saturated rings. The van der Waals surface area contributed by atoms with Gasteiger partial charge in [0.15, 0.2) is 0 Å². The number of rotatable bonds is 7. The SMILES string of the molecule is C[C@H](Cc1ccccn1)N1CCC(N2CCC(C(=O)NCc3cccnc3)CC2)CC1. The molecule has 0 bridgehead atoms. The van der Waals surface area contributed by atoms with Gasteiger partial charge >= 0.3 is 0 Å². The van der Waals surface area contributed by atoms with Gasteiger partial charge in [0.2, 0.25) is 5.91 Å². The Morgan fingerprint density at radius 3 is 2.55 bits per heavy atom. The number of carbonyl (C=O) groups excluding carboxylic acids is 1. The zero-order valence-electron chi connectivity index (χ0n) is 18.6. The van der Waals surface area contributed by atoms with E-state index in [0.29, 0.717) is 18.6 Å². The molecule has 4 rings (SSSR count). The summed E-state index contributed by atoms with van der Waals surface area (Å²) >= 11 is 0. The van der Waals surface area contributed by atoms with Crippen LogP contribution in [-0.4, -0.2) is 63.9 Å². The Morgan fingerprint density at radius 2 is 1.87 bits per heavy atom. The largest absolute Gasteiger partial charge is 0.352 e. The molecule has 2 aromatic rings. The van der Waals surface area contributed by atoms with Crippen molar-refractivity contribution in [1.82, 2.24) is 25.1 Å². The summed E-state index contributed by atoms with van der Waals surface area (Å²) in [6.07, 6.45) is 10.9. The van der Waals surface area contributed by atoms with Gasteiger partial charge in [-0.05, 0) is 82.5 Å². The molecule has 1 N–H and O–H groups in total. The van der Waals surface area contributed by atoms with Gasteiger partial charge in [0, 0.05) is 55.3 Å². The predicted molar refractivity (Wildman–Crippen MR) is 122 cm³/mol. The van der Waals surface area contributed by atoms with Crippen molar-refractivity contribution < 1.29 is 4.79 Å². The monoisotopic (exact) mass is 421 g/mol. The van der Waals surface area contributed by atoms with Crippen LogP contribution in [-0.2, 0) is 17.8 Å². The van der Waals surface area contributed by atoms with Crippen LogP contribution in [0, 0.1) is 5.92 Å². The van der Waals surface area contributed by atoms with Crippen molar-refractivity contribution in [2.45, 2.75) is 57.7 Å². The molecule has 0 aromatic carbocycles. The molecule has 1 atom stereocenters. The molecule has 0 unspecified atom stereocenters. The topological polar surface area (TPSA) is 61.4 Å². The van der Waals surface area contributed by atoms with Crippen molar-refractivity contribution in [1.29, 1.82) is 0 Å². The number of amides is 1. The van der Waals surface area contributed by atoms with Crippen LogP contribution in [0.1, 0.15) is 43.9 Å². The van der Waals surface area contributed by atoms with Crippen LogP contribution in [0.25, 0.3) is 0 Å². The van der Waals surface area contributed by atoms with E-state index in [-0.39, 0.29) is 11.8 Å². The zero-order valence-corrected chi connectivity index (χ0v) is 18.6. The molecule has 0 saturated carbocycles. The van der Waals surface area contributed by atoms with E-state index >= 15 is 0 Å². The first-order chi connectivity index (χ1) is 15.2. The lowest BCUT2D eigenvalue weighted by atomic mass is 9.92. The number of aromatic nitrogens is 2. The van der Waals surface area contributed by atoms with Gasteiger partial charge in [0.1, 0.15) is 0 Å². The molecular weight excluding hydrogens is 386 g/mol. The lowest BCUT2D eigenvalue weighted by Crippen LogP contribution is -2.50. The Balaban J connectivity index is 1.16. The first-order valence-electron chi connectivity index (χ1n) is 11.7. The fourth-order valence-electron chi connectivity index (χ4n) is 5.01. The third kappa shape index (κ3) is 6.11. The average molecular weight is 422 g/mol. The summed E-state index contributed by atoms with van der Waals surface area (Å²) in [6.45, 7) is 7.29. The minimum Gasteiger partial charge on any atom is -0.352 e. The van der Waals surface area contributed by atoms with E-state index in [2.05, 4.69) is 44.1 Å². The zero-order chi connectivity index (χ0) is 21.5. The van der Waals surface area contributed by atoms with E-state index in [4.69, 9.17) is 0 Å². The summed E-state index contributed by atoms with van der Waals surface area (Å²) in [6, 6.07) is 11.3. The summed E-state index contributed by atoms with van der Waals surface area (Å²) in [7, 11) is 0. The van der Waals surface area contributed by atoms with Crippen molar-refractivity contribution in [3.63, 3.8) is 0 Å². The minimum absolute atomic E-state index is 0.145. The van der Waals surface area contributed by atoms with E-state index in [1.807, 2.05) is 30.6 Å². The quantitative estimate of drug-likeness (QED) is 0.745. The van der Waals surface area contributed by atoms with Gasteiger partial charge in [-0.25, -0.2) is 0 Å². The molecule has 0 radical (unpaired) electrons. The van der Waals surface area contributed by atoms with Crippen LogP contribution in [0.5, 0.6) is 0 Å². The predicted octanol–water partition coefficient (Wildman–Crippen LogP) is 2.90. The smallest absolute Gasteiger partial charge is 0.223 e. The Labute approximate surface area is 186 Å². The van der Waals surface area contributed by atoms with Crippen LogP contribution < -0.4 is 5.32 Å². The van der Waals surface area contributed by atoms with Crippen LogP contribution in [0.3, 0.4) is 0 Å². The van der Waals surface area contributed by atoms with Gasteiger partial charge < -0.3 is 15.1 Å². The molecule has 1 amide bonds. The molecule has 6 nitrogen and oxygen atoms in total. The second-order valence-electron chi connectivity index (χ2n) is 9.03. The van der Waals surface area contributed by atoms with Gasteiger partial charge in [0.05, 0.1) is 0 Å². The molecule has 2 saturated heterocycles. The number of hydrogen-bond acceptors (Lipinski definition) is 5. The lowest BCUT2D eigenvalue weighted by Gasteiger charge is -2.43. The molecule has 2 aromatic heterocycles. The van der Waals surface area contributed by atoms with Gasteiger partial charge in [-0.3, -0.25) is 14.8 Å². The highest BCUT2D eigenvalue weighted by Crippen LogP contribution is 2.25. The fourth-order valence-corrected chi connectivity index (χ4v) is 5.01. The average Bonchev–Trinajstić information content (AvgIpc) is 2.84. The van der Waals surface area contributed by atoms with Crippen molar-refractivity contribution >= 4 is 5.91 Å². The summed E-state index contributed by atoms with van der Waals surface area (Å²) < 4.78 is 0. The number of carbonyl (C=O) groups is 1. The molecule has 166 valence electrons. The van der Waals surface area contributed by atoms with Crippen LogP contribution in [0.4, 0.5) is 0 Å². The van der Waals surface area contributed by atoms with E-state index < -0.39 is 0 Å². The van der Waals surface area contributed by atoms with Crippen LogP contribution >= 0.6 is 0 Å². The van der Waals surface area contributed by atoms with Gasteiger partial charge in [-0.1, -0.05) is 12.1 Å². The second-order valence-corrected chi connectivity index (χ2v) is 9.03. The van der Waals surface area contributed by atoms with Crippen molar-refractivity contribution in [3.8, 4) is 0 Å². The second kappa shape index (κ2) is 10.8. The molecule has 2 aliphatic rings. The van der Waals surface area contributed by atoms with Crippen molar-refractivity contribution in [2.24, 2.45) is 5.92 Å². The number of likely N-dealkylation sites (tertiary alicyclic amines) is 2. The van der Waals surface area contributed by atoms with E-state index in [1.54, 1.807) is 6.20 Å². The van der Waals surface area contributed by atoms with E-state index in [0.717, 1.165) is 51.0 Å². The normalized spacial score (nSPS) is 20.4. The first-order valence-corrected chi connectivity index (χ1v) is 11.7. The maximum atomic E-state index is 12.6. The maximum Gasteiger partial charge on any atom is 0.223 e. The number of hydrogen-bond donors (Lipinski definition) is 1. The minimum atomic E-state index is 0.145. The Hall–Kier alpha value is -2.31. The molecule has 2 aliphatic heterocycles. The Kier molecular flexibility index (Phi) is 7.65. The number of pyridine rings is 2. The number of nitrogens with zero attached hydrogens (tertiary/aromatic N) is 4. The molecule has 0 spiro atoms. The van der Waals surface area contributed by atoms with E-state index in [1.165, 1.54) is 18.5 Å². The molecule has 31 heavy (non-hydrogen) atoms. The lowest BCUT2D eigenvalue weighted by molar-refractivity contribution is -0.126. The summed E-state index contributed by atoms with van der Waals surface area (Å²) in [5.74, 6) is 0.341. The highest BCUT2D eigenvalue weighted by molar-refractivity contribution is 5.78. The van der Waals surface area contributed by atoms with Gasteiger partial charge in [-0.15, -0.1) is 0 Å². The summed E-state index contributed by atoms with van der Waals surface area (Å²) in [5.41, 5.74) is 2.23. The summed E-state index contributed by atoms with van der Waals surface area (Å²) in [5, 5.41) is 3.09. The van der Waals surface area contributed by atoms with Crippen molar-refractivity contribution in [2.75, 3.05) is 26.2 Å². The molecule has 0 aliphatic carbocycles. The number of nitrogens with one attached hydrogen (secondary N) is 1. The van der Waals surface area contributed by atoms with Crippen molar-refractivity contribution in [3.05, 3.63) is 60.2 Å². The third-order valence-electron chi connectivity index (χ3n) is 6.96. The number of piperidine rings is 2. The highest BCUT2D eigenvalue weighted by Gasteiger charge is 2.31. The Bertz CT molecular complexity index is 799. The Morgan fingerprint density at radius 1 is 1.06 bits per heavy atom. The van der Waals surface area contributed by atoms with Crippen LogP contribution in [0.15, 0.2) is 48.9 Å². The standard InChI is InChI=1S/C25H35N5O/c1-20(17-23-6-2-3-12-27-23)29-15-9-24(10-16-29)30-13-7-22(8-14-30)25(31)28-19-21-5-4-11-26-18-21/h2-6,11-12,18,20,22,24H,7-10,13-17,19H2,1H3,(H,28,31)/t20-/m1/s1. The van der Waals surface area contributed by atoms with E-state index in [9.17, 15) is 4.79 Å². The first kappa shape index (κ1) is 21.9. The van der Waals surface area contributed by atoms with Gasteiger partial charge in [-0.2, -0.15) is 0 Å². The third-order valence-corrected chi connectivity index (χ3v) is 6.96.